The Morgan fingerprint density at radius 1 is 0.977 bits per heavy atom. The molecular formula is C32H31N5O6. The lowest BCUT2D eigenvalue weighted by Crippen LogP contribution is -2.56. The van der Waals surface area contributed by atoms with Gasteiger partial charge in [-0.3, -0.25) is 14.4 Å². The first-order valence-electron chi connectivity index (χ1n) is 13.6. The van der Waals surface area contributed by atoms with Gasteiger partial charge in [0.2, 0.25) is 5.91 Å². The van der Waals surface area contributed by atoms with E-state index < -0.39 is 35.9 Å². The van der Waals surface area contributed by atoms with Crippen LogP contribution in [0.15, 0.2) is 84.9 Å². The largest absolute Gasteiger partial charge is 0.496 e. The molecule has 0 unspecified atom stereocenters. The summed E-state index contributed by atoms with van der Waals surface area (Å²) in [6.07, 6.45) is -1.38. The van der Waals surface area contributed by atoms with Crippen molar-refractivity contribution in [2.75, 3.05) is 29.2 Å². The number of fused-ring (bicyclic) bond motifs is 2. The van der Waals surface area contributed by atoms with Crippen LogP contribution in [-0.4, -0.2) is 54.7 Å². The minimum absolute atomic E-state index is 0.0690. The Bertz CT molecular complexity index is 1710. The number of ether oxygens (including phenoxy) is 1. The second-order valence-electron chi connectivity index (χ2n) is 10.2. The van der Waals surface area contributed by atoms with Gasteiger partial charge in [-0.1, -0.05) is 42.5 Å². The Labute approximate surface area is 247 Å². The van der Waals surface area contributed by atoms with Crippen LogP contribution in [0, 0.1) is 0 Å². The van der Waals surface area contributed by atoms with Crippen molar-refractivity contribution in [2.45, 2.75) is 25.6 Å². The number of nitrogens with two attached hydrogens (primary N) is 1. The zero-order valence-corrected chi connectivity index (χ0v) is 23.6. The molecule has 5 N–H and O–H groups in total. The Morgan fingerprint density at radius 3 is 2.35 bits per heavy atom. The second-order valence-corrected chi connectivity index (χ2v) is 10.2. The maximum atomic E-state index is 14.4. The number of benzene rings is 4. The number of methoxy groups -OCH3 is 1. The Kier molecular flexibility index (Phi) is 8.15. The van der Waals surface area contributed by atoms with E-state index in [9.17, 15) is 19.2 Å². The van der Waals surface area contributed by atoms with Gasteiger partial charge < -0.3 is 36.0 Å². The molecule has 220 valence electrons. The van der Waals surface area contributed by atoms with Gasteiger partial charge in [0, 0.05) is 16.8 Å². The highest BCUT2D eigenvalue weighted by Gasteiger charge is 2.38. The van der Waals surface area contributed by atoms with Gasteiger partial charge in [0.05, 0.1) is 31.6 Å². The molecular weight excluding hydrogens is 550 g/mol. The van der Waals surface area contributed by atoms with Crippen molar-refractivity contribution in [2.24, 2.45) is 0 Å². The van der Waals surface area contributed by atoms with Gasteiger partial charge in [-0.25, -0.2) is 4.79 Å². The van der Waals surface area contributed by atoms with E-state index in [2.05, 4.69) is 10.6 Å². The predicted molar refractivity (Wildman–Crippen MR) is 163 cm³/mol. The van der Waals surface area contributed by atoms with Crippen LogP contribution in [0.3, 0.4) is 0 Å². The third-order valence-electron chi connectivity index (χ3n) is 7.38. The van der Waals surface area contributed by atoms with Crippen molar-refractivity contribution >= 4 is 51.6 Å². The zero-order valence-electron chi connectivity index (χ0n) is 23.6. The van der Waals surface area contributed by atoms with Gasteiger partial charge in [0.25, 0.3) is 11.8 Å². The minimum Gasteiger partial charge on any atom is -0.496 e. The van der Waals surface area contributed by atoms with Gasteiger partial charge in [-0.2, -0.15) is 0 Å². The quantitative estimate of drug-likeness (QED) is 0.242. The molecule has 4 aromatic carbocycles. The van der Waals surface area contributed by atoms with E-state index in [0.29, 0.717) is 28.4 Å². The minimum atomic E-state index is -1.38. The number of rotatable bonds is 7. The molecule has 0 spiro atoms. The molecule has 1 aliphatic heterocycles. The Balaban J connectivity index is 1.63. The summed E-state index contributed by atoms with van der Waals surface area (Å²) in [5, 5.41) is 15.7. The fourth-order valence-corrected chi connectivity index (χ4v) is 5.21. The molecule has 4 aromatic rings. The predicted octanol–water partition coefficient (Wildman–Crippen LogP) is 3.77. The van der Waals surface area contributed by atoms with Crippen molar-refractivity contribution in [1.29, 1.82) is 0 Å². The van der Waals surface area contributed by atoms with Crippen LogP contribution in [0.2, 0.25) is 0 Å². The van der Waals surface area contributed by atoms with Crippen molar-refractivity contribution in [1.82, 2.24) is 10.6 Å². The van der Waals surface area contributed by atoms with Crippen LogP contribution in [0.25, 0.3) is 10.8 Å². The third kappa shape index (κ3) is 5.91. The molecule has 2 atom stereocenters. The van der Waals surface area contributed by atoms with Crippen molar-refractivity contribution in [3.63, 3.8) is 0 Å². The number of nitrogens with zero attached hydrogens (tertiary/aromatic N) is 2. The van der Waals surface area contributed by atoms with E-state index in [4.69, 9.17) is 15.6 Å². The number of nitrogens with one attached hydrogen (secondary N) is 2. The van der Waals surface area contributed by atoms with E-state index in [1.165, 1.54) is 16.7 Å². The van der Waals surface area contributed by atoms with Crippen LogP contribution in [0.1, 0.15) is 22.8 Å². The molecule has 4 amide bonds. The number of amides is 4. The summed E-state index contributed by atoms with van der Waals surface area (Å²) in [5.41, 5.74) is 8.33. The SMILES string of the molecule is COc1ccc2ccccc2c1CN1C(=O)[C@@H](NC(=O)[C@H](C)NC(=O)O)CN(C(=O)c2ccc(N)cc2)c2ccccc21. The summed E-state index contributed by atoms with van der Waals surface area (Å²) < 4.78 is 5.69. The van der Waals surface area contributed by atoms with E-state index in [1.807, 2.05) is 36.4 Å². The van der Waals surface area contributed by atoms with Crippen LogP contribution >= 0.6 is 0 Å². The third-order valence-corrected chi connectivity index (χ3v) is 7.38. The smallest absolute Gasteiger partial charge is 0.405 e. The lowest BCUT2D eigenvalue weighted by atomic mass is 10.0. The first-order valence-corrected chi connectivity index (χ1v) is 13.6. The van der Waals surface area contributed by atoms with Crippen LogP contribution in [0.5, 0.6) is 5.75 Å². The number of carboxylic acid groups (broad SMARTS) is 1. The highest BCUT2D eigenvalue weighted by atomic mass is 16.5. The standard InChI is InChI=1S/C32H31N5O6/c1-19(34-32(41)42)29(38)35-25-18-37(30(39)21-11-14-22(33)15-12-21)27-10-6-5-9-26(27)36(31(25)40)17-24-23-8-4-3-7-20(23)13-16-28(24)43-2/h3-16,19,25,34H,17-18,33H2,1-2H3,(H,35,38)(H,41,42)/t19-,25-/m0/s1. The molecule has 0 saturated carbocycles. The molecule has 0 fully saturated rings. The van der Waals surface area contributed by atoms with Crippen LogP contribution in [-0.2, 0) is 16.1 Å². The maximum Gasteiger partial charge on any atom is 0.405 e. The van der Waals surface area contributed by atoms with Crippen molar-refractivity contribution in [3.05, 3.63) is 96.1 Å². The van der Waals surface area contributed by atoms with Crippen molar-refractivity contribution in [3.8, 4) is 5.75 Å². The first-order chi connectivity index (χ1) is 20.7. The molecule has 11 nitrogen and oxygen atoms in total. The summed E-state index contributed by atoms with van der Waals surface area (Å²) in [7, 11) is 1.55. The topological polar surface area (TPSA) is 154 Å². The van der Waals surface area contributed by atoms with E-state index >= 15 is 0 Å². The average molecular weight is 582 g/mol. The van der Waals surface area contributed by atoms with E-state index in [-0.39, 0.29) is 13.1 Å². The molecule has 5 rings (SSSR count). The van der Waals surface area contributed by atoms with Gasteiger partial charge in [0.15, 0.2) is 0 Å². The number of nitrogen functional groups attached to an aromatic ring is 1. The summed E-state index contributed by atoms with van der Waals surface area (Å²) >= 11 is 0. The zero-order chi connectivity index (χ0) is 30.7. The molecule has 43 heavy (non-hydrogen) atoms. The second kappa shape index (κ2) is 12.1. The molecule has 0 aliphatic carbocycles. The lowest BCUT2D eigenvalue weighted by molar-refractivity contribution is -0.128. The summed E-state index contributed by atoms with van der Waals surface area (Å²) in [5.74, 6) is -1.02. The summed E-state index contributed by atoms with van der Waals surface area (Å²) in [6.45, 7) is 1.24. The number of hydrogen-bond acceptors (Lipinski definition) is 6. The number of hydrogen-bond donors (Lipinski definition) is 4. The lowest BCUT2D eigenvalue weighted by Gasteiger charge is -2.27. The van der Waals surface area contributed by atoms with Gasteiger partial charge >= 0.3 is 6.09 Å². The molecule has 0 saturated heterocycles. The van der Waals surface area contributed by atoms with E-state index in [1.54, 1.807) is 55.6 Å². The number of para-hydroxylation sites is 2. The Hall–Kier alpha value is -5.58. The number of carbonyl (C=O) groups is 4. The molecule has 11 heteroatoms. The number of carbonyl (C=O) groups excluding carboxylic acids is 3. The van der Waals surface area contributed by atoms with Crippen molar-refractivity contribution < 1.29 is 29.0 Å². The highest BCUT2D eigenvalue weighted by molar-refractivity contribution is 6.13. The molecule has 1 aliphatic rings. The molecule has 0 bridgehead atoms. The average Bonchev–Trinajstić information content (AvgIpc) is 3.11. The normalized spacial score (nSPS) is 15.3. The fourth-order valence-electron chi connectivity index (χ4n) is 5.21. The first kappa shape index (κ1) is 28.9. The van der Waals surface area contributed by atoms with Gasteiger partial charge in [-0.15, -0.1) is 0 Å². The summed E-state index contributed by atoms with van der Waals surface area (Å²) in [6, 6.07) is 22.6. The molecule has 1 heterocycles. The van der Waals surface area contributed by atoms with Crippen LogP contribution in [0.4, 0.5) is 21.9 Å². The number of anilines is 3. The summed E-state index contributed by atoms with van der Waals surface area (Å²) in [4.78, 5) is 55.5. The monoisotopic (exact) mass is 581 g/mol. The highest BCUT2D eigenvalue weighted by Crippen LogP contribution is 2.37. The van der Waals surface area contributed by atoms with E-state index in [0.717, 1.165) is 16.3 Å². The molecule has 0 aromatic heterocycles. The van der Waals surface area contributed by atoms with Gasteiger partial charge in [-0.05, 0) is 60.2 Å². The maximum absolute atomic E-state index is 14.4. The Morgan fingerprint density at radius 2 is 1.65 bits per heavy atom. The van der Waals surface area contributed by atoms with Crippen LogP contribution < -0.4 is 30.9 Å². The fraction of sp³-hybridized carbons (Fsp3) is 0.188. The molecule has 0 radical (unpaired) electrons. The van der Waals surface area contributed by atoms with Gasteiger partial charge in [0.1, 0.15) is 17.8 Å².